The number of carboxylic acid groups (broad SMARTS) is 2. The van der Waals surface area contributed by atoms with Gasteiger partial charge in [0.05, 0.1) is 37.6 Å². The van der Waals surface area contributed by atoms with Crippen molar-refractivity contribution in [3.8, 4) is 23.7 Å². The van der Waals surface area contributed by atoms with Gasteiger partial charge in [0.15, 0.2) is 0 Å². The van der Waals surface area contributed by atoms with E-state index in [1.54, 1.807) is 13.8 Å². The molecule has 0 unspecified atom stereocenters. The van der Waals surface area contributed by atoms with Gasteiger partial charge in [-0.3, -0.25) is 0 Å². The molecule has 0 saturated carbocycles. The molecular formula is C31H30F6O8. The Bertz CT molecular complexity index is 1330. The van der Waals surface area contributed by atoms with Gasteiger partial charge in [-0.2, -0.15) is 26.3 Å². The van der Waals surface area contributed by atoms with Gasteiger partial charge < -0.3 is 29.2 Å². The minimum Gasteiger partial charge on any atom is -0.478 e. The molecule has 0 atom stereocenters. The molecule has 0 spiro atoms. The fourth-order valence-electron chi connectivity index (χ4n) is 4.17. The van der Waals surface area contributed by atoms with Crippen molar-refractivity contribution in [3.63, 3.8) is 0 Å². The Morgan fingerprint density at radius 2 is 1.00 bits per heavy atom. The second kappa shape index (κ2) is 16.8. The standard InChI is InChI=1S/C31H30F6O8/c1-3-42-15-17-44-13-5-7-21-19-23(27(38)39)9-11-25(21)29(30(32,33)34,31(35,36)37)26-12-10-24(28(40)41)20-22(26)8-6-14-45-18-16-43-4-2/h9-12,19-20H,3-4,13-18H2,1-2H3,(H,38,39)(H,40,41). The van der Waals surface area contributed by atoms with Crippen molar-refractivity contribution in [3.05, 3.63) is 69.8 Å². The van der Waals surface area contributed by atoms with Gasteiger partial charge in [0.1, 0.15) is 13.2 Å². The third kappa shape index (κ3) is 9.45. The van der Waals surface area contributed by atoms with E-state index in [0.29, 0.717) is 49.6 Å². The predicted molar refractivity (Wildman–Crippen MR) is 148 cm³/mol. The van der Waals surface area contributed by atoms with Crippen LogP contribution in [0.3, 0.4) is 0 Å². The zero-order chi connectivity index (χ0) is 33.7. The predicted octanol–water partition coefficient (Wildman–Crippen LogP) is 5.30. The lowest BCUT2D eigenvalue weighted by molar-refractivity contribution is -0.288. The minimum absolute atomic E-state index is 0.0346. The van der Waals surface area contributed by atoms with Crippen molar-refractivity contribution in [2.75, 3.05) is 52.9 Å². The summed E-state index contributed by atoms with van der Waals surface area (Å²) >= 11 is 0. The Balaban J connectivity index is 2.86. The summed E-state index contributed by atoms with van der Waals surface area (Å²) in [6, 6.07) is 3.17. The highest BCUT2D eigenvalue weighted by molar-refractivity contribution is 5.89. The molecule has 2 rings (SSSR count). The van der Waals surface area contributed by atoms with E-state index < -0.39 is 76.3 Å². The van der Waals surface area contributed by atoms with Gasteiger partial charge in [0.25, 0.3) is 0 Å². The Labute approximate surface area is 255 Å². The molecule has 2 aromatic rings. The molecule has 0 radical (unpaired) electrons. The normalized spacial score (nSPS) is 11.7. The largest absolute Gasteiger partial charge is 0.478 e. The van der Waals surface area contributed by atoms with E-state index >= 15 is 26.3 Å². The van der Waals surface area contributed by atoms with Crippen LogP contribution in [-0.2, 0) is 24.4 Å². The number of rotatable bonds is 14. The molecule has 2 N–H and O–H groups in total. The van der Waals surface area contributed by atoms with Crippen LogP contribution < -0.4 is 0 Å². The Morgan fingerprint density at radius 3 is 1.31 bits per heavy atom. The van der Waals surface area contributed by atoms with E-state index in [-0.39, 0.29) is 26.4 Å². The molecule has 2 aromatic carbocycles. The summed E-state index contributed by atoms with van der Waals surface area (Å²) in [6.07, 6.45) is -12.2. The first-order valence-corrected chi connectivity index (χ1v) is 13.4. The van der Waals surface area contributed by atoms with E-state index in [9.17, 15) is 19.8 Å². The van der Waals surface area contributed by atoms with Gasteiger partial charge in [-0.25, -0.2) is 9.59 Å². The monoisotopic (exact) mass is 644 g/mol. The fourth-order valence-corrected chi connectivity index (χ4v) is 4.17. The van der Waals surface area contributed by atoms with Gasteiger partial charge in [0.2, 0.25) is 5.41 Å². The van der Waals surface area contributed by atoms with Crippen molar-refractivity contribution in [1.82, 2.24) is 0 Å². The summed E-state index contributed by atoms with van der Waals surface area (Å²) in [5.74, 6) is 5.81. The van der Waals surface area contributed by atoms with E-state index in [1.807, 2.05) is 0 Å². The van der Waals surface area contributed by atoms with Crippen LogP contribution in [0.1, 0.15) is 56.8 Å². The number of hydrogen-bond donors (Lipinski definition) is 2. The van der Waals surface area contributed by atoms with Crippen LogP contribution in [0.5, 0.6) is 0 Å². The lowest BCUT2D eigenvalue weighted by atomic mass is 9.69. The second-order valence-corrected chi connectivity index (χ2v) is 8.98. The van der Waals surface area contributed by atoms with E-state index in [1.165, 1.54) is 0 Å². The smallest absolute Gasteiger partial charge is 0.411 e. The third-order valence-electron chi connectivity index (χ3n) is 6.14. The number of ether oxygens (including phenoxy) is 4. The highest BCUT2D eigenvalue weighted by Crippen LogP contribution is 2.57. The van der Waals surface area contributed by atoms with Crippen LogP contribution in [0.25, 0.3) is 0 Å². The van der Waals surface area contributed by atoms with Crippen molar-refractivity contribution >= 4 is 11.9 Å². The Morgan fingerprint density at radius 1 is 0.644 bits per heavy atom. The number of hydrogen-bond acceptors (Lipinski definition) is 6. The molecule has 14 heteroatoms. The second-order valence-electron chi connectivity index (χ2n) is 8.98. The molecule has 244 valence electrons. The van der Waals surface area contributed by atoms with Gasteiger partial charge in [0, 0.05) is 24.3 Å². The van der Waals surface area contributed by atoms with Crippen molar-refractivity contribution in [1.29, 1.82) is 0 Å². The number of carbonyl (C=O) groups is 2. The SMILES string of the molecule is CCOCCOCC#Cc1cc(C(=O)O)ccc1C(c1ccc(C(=O)O)cc1C#CCOCCOCC)(C(F)(F)F)C(F)(F)F. The maximum atomic E-state index is 15.1. The first-order chi connectivity index (χ1) is 21.2. The molecule has 0 heterocycles. The number of aromatic carboxylic acids is 2. The molecule has 0 bridgehead atoms. The maximum Gasteiger partial charge on any atom is 0.411 e. The van der Waals surface area contributed by atoms with E-state index in [4.69, 9.17) is 18.9 Å². The molecule has 0 saturated heterocycles. The van der Waals surface area contributed by atoms with Crippen molar-refractivity contribution in [2.24, 2.45) is 0 Å². The van der Waals surface area contributed by atoms with Crippen LogP contribution in [-0.4, -0.2) is 87.4 Å². The topological polar surface area (TPSA) is 112 Å². The van der Waals surface area contributed by atoms with Crippen molar-refractivity contribution < 1.29 is 65.1 Å². The van der Waals surface area contributed by atoms with Gasteiger partial charge in [-0.05, 0) is 49.2 Å². The zero-order valence-corrected chi connectivity index (χ0v) is 24.2. The molecule has 0 aliphatic carbocycles. The minimum atomic E-state index is -6.12. The average molecular weight is 645 g/mol. The van der Waals surface area contributed by atoms with Crippen LogP contribution in [0.15, 0.2) is 36.4 Å². The van der Waals surface area contributed by atoms with Crippen LogP contribution >= 0.6 is 0 Å². The first kappa shape index (κ1) is 37.1. The molecule has 8 nitrogen and oxygen atoms in total. The van der Waals surface area contributed by atoms with Crippen LogP contribution in [0.4, 0.5) is 26.3 Å². The fraction of sp³-hybridized carbons (Fsp3) is 0.419. The lowest BCUT2D eigenvalue weighted by Gasteiger charge is -2.39. The third-order valence-corrected chi connectivity index (χ3v) is 6.14. The first-order valence-electron chi connectivity index (χ1n) is 13.4. The summed E-state index contributed by atoms with van der Waals surface area (Å²) in [5.41, 5.74) is -10.7. The van der Waals surface area contributed by atoms with E-state index in [0.717, 1.165) is 0 Å². The quantitative estimate of drug-likeness (QED) is 0.162. The van der Waals surface area contributed by atoms with Crippen LogP contribution in [0.2, 0.25) is 0 Å². The van der Waals surface area contributed by atoms with Crippen molar-refractivity contribution in [2.45, 2.75) is 31.6 Å². The maximum absolute atomic E-state index is 15.1. The number of alkyl halides is 6. The molecule has 0 fully saturated rings. The molecule has 0 amide bonds. The van der Waals surface area contributed by atoms with Crippen LogP contribution in [0, 0.1) is 23.7 Å². The summed E-state index contributed by atoms with van der Waals surface area (Å²) in [7, 11) is 0. The molecular weight excluding hydrogens is 614 g/mol. The van der Waals surface area contributed by atoms with Gasteiger partial charge in [-0.15, -0.1) is 0 Å². The number of benzene rings is 2. The molecule has 0 aromatic heterocycles. The average Bonchev–Trinajstić information content (AvgIpc) is 2.96. The lowest BCUT2D eigenvalue weighted by Crippen LogP contribution is -2.55. The molecule has 45 heavy (non-hydrogen) atoms. The Kier molecular flexibility index (Phi) is 13.9. The molecule has 0 aliphatic heterocycles. The summed E-state index contributed by atoms with van der Waals surface area (Å²) in [5, 5.41) is 18.8. The van der Waals surface area contributed by atoms with Gasteiger partial charge in [-0.1, -0.05) is 35.8 Å². The Hall–Kier alpha value is -4.08. The highest BCUT2D eigenvalue weighted by Gasteiger charge is 2.73. The highest BCUT2D eigenvalue weighted by atomic mass is 19.4. The van der Waals surface area contributed by atoms with Gasteiger partial charge >= 0.3 is 24.3 Å². The molecule has 0 aliphatic rings. The number of carboxylic acids is 2. The summed E-state index contributed by atoms with van der Waals surface area (Å²) < 4.78 is 111. The summed E-state index contributed by atoms with van der Waals surface area (Å²) in [4.78, 5) is 23.2. The summed E-state index contributed by atoms with van der Waals surface area (Å²) in [6.45, 7) is 3.80. The zero-order valence-electron chi connectivity index (χ0n) is 24.2. The van der Waals surface area contributed by atoms with E-state index in [2.05, 4.69) is 23.7 Å². The number of halogens is 6.